The first-order chi connectivity index (χ1) is 8.25. The second-order valence-corrected chi connectivity index (χ2v) is 4.83. The van der Waals surface area contributed by atoms with Gasteiger partial charge in [-0.05, 0) is 23.8 Å². The molecule has 3 rings (SSSR count). The lowest BCUT2D eigenvalue weighted by atomic mass is 10.1. The van der Waals surface area contributed by atoms with Crippen LogP contribution in [0.1, 0.15) is 29.7 Å². The molecule has 2 aromatic rings. The highest BCUT2D eigenvalue weighted by molar-refractivity contribution is 5.27. The first kappa shape index (κ1) is 10.5. The lowest BCUT2D eigenvalue weighted by Crippen LogP contribution is -2.01. The van der Waals surface area contributed by atoms with Crippen LogP contribution >= 0.6 is 0 Å². The molecule has 0 aliphatic heterocycles. The highest BCUT2D eigenvalue weighted by Crippen LogP contribution is 2.53. The number of aliphatic hydroxyl groups is 1. The van der Waals surface area contributed by atoms with Crippen molar-refractivity contribution in [3.8, 4) is 0 Å². The number of hydrogen-bond donors (Lipinski definition) is 1. The van der Waals surface area contributed by atoms with E-state index in [0.29, 0.717) is 11.8 Å². The highest BCUT2D eigenvalue weighted by atomic mass is 16.3. The van der Waals surface area contributed by atoms with Crippen LogP contribution in [0.5, 0.6) is 0 Å². The number of aliphatic hydroxyl groups excluding tert-OH is 1. The van der Waals surface area contributed by atoms with Crippen LogP contribution in [0.25, 0.3) is 0 Å². The average molecular weight is 228 g/mol. The summed E-state index contributed by atoms with van der Waals surface area (Å²) in [7, 11) is 1.92. The van der Waals surface area contributed by atoms with Crippen molar-refractivity contribution in [3.05, 3.63) is 54.1 Å². The van der Waals surface area contributed by atoms with Gasteiger partial charge in [-0.1, -0.05) is 30.3 Å². The molecule has 1 N–H and O–H groups in total. The minimum Gasteiger partial charge on any atom is -0.386 e. The molecule has 1 aromatic heterocycles. The molecule has 0 radical (unpaired) electrons. The van der Waals surface area contributed by atoms with E-state index in [9.17, 15) is 5.11 Å². The summed E-state index contributed by atoms with van der Waals surface area (Å²) in [6, 6.07) is 10.4. The molecular weight excluding hydrogens is 212 g/mol. The molecule has 3 heteroatoms. The smallest absolute Gasteiger partial charge is 0.101 e. The van der Waals surface area contributed by atoms with Gasteiger partial charge in [0.15, 0.2) is 0 Å². The number of aromatic nitrogens is 2. The zero-order chi connectivity index (χ0) is 11.8. The summed E-state index contributed by atoms with van der Waals surface area (Å²) in [4.78, 5) is 4.22. The van der Waals surface area contributed by atoms with E-state index in [2.05, 4.69) is 29.2 Å². The van der Waals surface area contributed by atoms with Gasteiger partial charge in [0.05, 0.1) is 12.0 Å². The summed E-state index contributed by atoms with van der Waals surface area (Å²) in [5.74, 6) is 0.820. The maximum absolute atomic E-state index is 10.2. The zero-order valence-corrected chi connectivity index (χ0v) is 9.82. The molecule has 3 atom stereocenters. The summed E-state index contributed by atoms with van der Waals surface area (Å²) in [5, 5.41) is 10.2. The molecule has 1 aromatic carbocycles. The van der Waals surface area contributed by atoms with Gasteiger partial charge in [0, 0.05) is 13.2 Å². The molecule has 1 fully saturated rings. The fourth-order valence-electron chi connectivity index (χ4n) is 2.45. The molecule has 0 bridgehead atoms. The van der Waals surface area contributed by atoms with Crippen LogP contribution in [0.15, 0.2) is 42.9 Å². The molecule has 1 aliphatic rings. The van der Waals surface area contributed by atoms with Crippen molar-refractivity contribution >= 4 is 0 Å². The van der Waals surface area contributed by atoms with Gasteiger partial charge in [-0.3, -0.25) is 0 Å². The standard InChI is InChI=1S/C14H16N2O/c1-16-8-13(15-9-16)14(17)12-7-11(12)10-5-3-2-4-6-10/h2-6,8-9,11-12,14,17H,7H2,1H3. The maximum Gasteiger partial charge on any atom is 0.101 e. The molecular formula is C14H16N2O. The number of hydrogen-bond acceptors (Lipinski definition) is 2. The largest absolute Gasteiger partial charge is 0.386 e. The van der Waals surface area contributed by atoms with Gasteiger partial charge in [-0.2, -0.15) is 0 Å². The normalized spacial score (nSPS) is 24.6. The molecule has 1 aliphatic carbocycles. The van der Waals surface area contributed by atoms with Crippen molar-refractivity contribution in [3.63, 3.8) is 0 Å². The quantitative estimate of drug-likeness (QED) is 0.875. The summed E-state index contributed by atoms with van der Waals surface area (Å²) < 4.78 is 1.87. The van der Waals surface area contributed by atoms with E-state index in [4.69, 9.17) is 0 Å². The van der Waals surface area contributed by atoms with Crippen LogP contribution < -0.4 is 0 Å². The van der Waals surface area contributed by atoms with Gasteiger partial charge in [-0.15, -0.1) is 0 Å². The van der Waals surface area contributed by atoms with Crippen molar-refractivity contribution in [2.45, 2.75) is 18.4 Å². The molecule has 88 valence electrons. The molecule has 3 nitrogen and oxygen atoms in total. The SMILES string of the molecule is Cn1cnc(C(O)C2CC2c2ccccc2)c1. The van der Waals surface area contributed by atoms with Crippen molar-refractivity contribution in [1.29, 1.82) is 0 Å². The minimum atomic E-state index is -0.429. The van der Waals surface area contributed by atoms with Gasteiger partial charge >= 0.3 is 0 Å². The molecule has 1 heterocycles. The van der Waals surface area contributed by atoms with Crippen LogP contribution in [0, 0.1) is 5.92 Å². The van der Waals surface area contributed by atoms with E-state index in [1.807, 2.05) is 23.9 Å². The van der Waals surface area contributed by atoms with Crippen LogP contribution in [0.3, 0.4) is 0 Å². The van der Waals surface area contributed by atoms with Crippen LogP contribution in [-0.2, 0) is 7.05 Å². The van der Waals surface area contributed by atoms with Gasteiger partial charge in [0.2, 0.25) is 0 Å². The molecule has 0 amide bonds. The second kappa shape index (κ2) is 4.00. The van der Waals surface area contributed by atoms with Crippen molar-refractivity contribution in [1.82, 2.24) is 9.55 Å². The number of rotatable bonds is 3. The Kier molecular flexibility index (Phi) is 2.48. The summed E-state index contributed by atoms with van der Waals surface area (Å²) in [6.07, 6.45) is 4.26. The monoisotopic (exact) mass is 228 g/mol. The zero-order valence-electron chi connectivity index (χ0n) is 9.82. The van der Waals surface area contributed by atoms with E-state index in [0.717, 1.165) is 12.1 Å². The predicted octanol–water partition coefficient (Wildman–Crippen LogP) is 2.26. The lowest BCUT2D eigenvalue weighted by Gasteiger charge is -2.07. The summed E-state index contributed by atoms with van der Waals surface area (Å²) in [6.45, 7) is 0. The van der Waals surface area contributed by atoms with E-state index in [-0.39, 0.29) is 0 Å². The molecule has 17 heavy (non-hydrogen) atoms. The second-order valence-electron chi connectivity index (χ2n) is 4.83. The first-order valence-corrected chi connectivity index (χ1v) is 5.96. The van der Waals surface area contributed by atoms with E-state index in [1.54, 1.807) is 6.33 Å². The number of nitrogens with zero attached hydrogens (tertiary/aromatic N) is 2. The Morgan fingerprint density at radius 3 is 2.76 bits per heavy atom. The molecule has 3 unspecified atom stereocenters. The fraction of sp³-hybridized carbons (Fsp3) is 0.357. The van der Waals surface area contributed by atoms with Gasteiger partial charge < -0.3 is 9.67 Å². The molecule has 0 saturated heterocycles. The van der Waals surface area contributed by atoms with Gasteiger partial charge in [0.1, 0.15) is 6.10 Å². The summed E-state index contributed by atoms with van der Waals surface area (Å²) >= 11 is 0. The van der Waals surface area contributed by atoms with Crippen molar-refractivity contribution < 1.29 is 5.11 Å². The Bertz CT molecular complexity index is 506. The average Bonchev–Trinajstić information content (AvgIpc) is 3.05. The van der Waals surface area contributed by atoms with Crippen molar-refractivity contribution in [2.24, 2.45) is 13.0 Å². The Balaban J connectivity index is 1.73. The van der Waals surface area contributed by atoms with Gasteiger partial charge in [0.25, 0.3) is 0 Å². The number of benzene rings is 1. The fourth-order valence-corrected chi connectivity index (χ4v) is 2.45. The number of aryl methyl sites for hydroxylation is 1. The Hall–Kier alpha value is -1.61. The summed E-state index contributed by atoms with van der Waals surface area (Å²) in [5.41, 5.74) is 2.11. The minimum absolute atomic E-state index is 0.326. The lowest BCUT2D eigenvalue weighted by molar-refractivity contribution is 0.147. The van der Waals surface area contributed by atoms with Crippen LogP contribution in [0.4, 0.5) is 0 Å². The first-order valence-electron chi connectivity index (χ1n) is 5.96. The van der Waals surface area contributed by atoms with E-state index in [1.165, 1.54) is 5.56 Å². The molecule has 0 spiro atoms. The van der Waals surface area contributed by atoms with Crippen molar-refractivity contribution in [2.75, 3.05) is 0 Å². The topological polar surface area (TPSA) is 38.0 Å². The third-order valence-electron chi connectivity index (χ3n) is 3.50. The maximum atomic E-state index is 10.2. The third kappa shape index (κ3) is 1.98. The predicted molar refractivity (Wildman–Crippen MR) is 65.5 cm³/mol. The Labute approximate surface area is 101 Å². The highest BCUT2D eigenvalue weighted by Gasteiger charge is 2.44. The Morgan fingerprint density at radius 2 is 2.12 bits per heavy atom. The van der Waals surface area contributed by atoms with E-state index >= 15 is 0 Å². The Morgan fingerprint density at radius 1 is 1.35 bits per heavy atom. The van der Waals surface area contributed by atoms with Crippen LogP contribution in [-0.4, -0.2) is 14.7 Å². The van der Waals surface area contributed by atoms with Crippen LogP contribution in [0.2, 0.25) is 0 Å². The van der Waals surface area contributed by atoms with Gasteiger partial charge in [-0.25, -0.2) is 4.98 Å². The third-order valence-corrected chi connectivity index (χ3v) is 3.50. The molecule has 1 saturated carbocycles. The number of imidazole rings is 1. The van der Waals surface area contributed by atoms with E-state index < -0.39 is 6.10 Å².